The molecule has 0 radical (unpaired) electrons. The van der Waals surface area contributed by atoms with Crippen molar-refractivity contribution in [2.75, 3.05) is 24.6 Å². The molecule has 1 heterocycles. The molecule has 110 valence electrons. The monoisotopic (exact) mass is 290 g/mol. The predicted molar refractivity (Wildman–Crippen MR) is 72.4 cm³/mol. The van der Waals surface area contributed by atoms with Gasteiger partial charge in [0, 0.05) is 12.3 Å². The molecular weight excluding hydrogens is 268 g/mol. The van der Waals surface area contributed by atoms with E-state index < -0.39 is 15.4 Å². The Morgan fingerprint density at radius 3 is 2.47 bits per heavy atom. The van der Waals surface area contributed by atoms with Gasteiger partial charge in [0.05, 0.1) is 12.3 Å². The minimum absolute atomic E-state index is 0.00501. The molecular formula is C12H22N2O4S. The van der Waals surface area contributed by atoms with Gasteiger partial charge in [-0.1, -0.05) is 13.8 Å². The van der Waals surface area contributed by atoms with E-state index in [0.29, 0.717) is 19.4 Å². The number of nitrogens with zero attached hydrogens (tertiary/aromatic N) is 1. The Morgan fingerprint density at radius 2 is 1.95 bits per heavy atom. The molecule has 6 nitrogen and oxygen atoms in total. The van der Waals surface area contributed by atoms with Crippen molar-refractivity contribution in [2.45, 2.75) is 39.2 Å². The van der Waals surface area contributed by atoms with E-state index in [-0.39, 0.29) is 29.9 Å². The Morgan fingerprint density at radius 1 is 1.32 bits per heavy atom. The number of hydrogen-bond acceptors (Lipinski definition) is 4. The summed E-state index contributed by atoms with van der Waals surface area (Å²) in [6, 6.07) is 0. The second kappa shape index (κ2) is 5.90. The number of amides is 2. The van der Waals surface area contributed by atoms with Crippen molar-refractivity contribution in [2.24, 2.45) is 0 Å². The van der Waals surface area contributed by atoms with Gasteiger partial charge in [-0.15, -0.1) is 0 Å². The molecule has 1 aliphatic heterocycles. The highest BCUT2D eigenvalue weighted by molar-refractivity contribution is 7.91. The van der Waals surface area contributed by atoms with Crippen molar-refractivity contribution in [1.29, 1.82) is 0 Å². The molecule has 19 heavy (non-hydrogen) atoms. The van der Waals surface area contributed by atoms with Crippen LogP contribution in [0.5, 0.6) is 0 Å². The van der Waals surface area contributed by atoms with Crippen molar-refractivity contribution in [3.8, 4) is 0 Å². The molecule has 2 amide bonds. The summed E-state index contributed by atoms with van der Waals surface area (Å²) < 4.78 is 22.9. The third kappa shape index (κ3) is 3.46. The Hall–Kier alpha value is -1.11. The lowest BCUT2D eigenvalue weighted by Crippen LogP contribution is -2.65. The number of carbonyl (C=O) groups is 2. The quantitative estimate of drug-likeness (QED) is 0.743. The highest BCUT2D eigenvalue weighted by atomic mass is 32.2. The average molecular weight is 290 g/mol. The van der Waals surface area contributed by atoms with Crippen LogP contribution in [-0.2, 0) is 19.4 Å². The number of rotatable bonds is 6. The zero-order chi connectivity index (χ0) is 14.7. The largest absolute Gasteiger partial charge is 0.345 e. The first kappa shape index (κ1) is 15.9. The molecule has 1 N–H and O–H groups in total. The zero-order valence-corrected chi connectivity index (χ0v) is 12.5. The highest BCUT2D eigenvalue weighted by Crippen LogP contribution is 2.23. The SMILES string of the molecule is CCC1(C)C(=O)NCC(=O)N1CCCS(=O)(=O)CC. The first-order chi connectivity index (χ1) is 8.77. The number of sulfone groups is 1. The van der Waals surface area contributed by atoms with Crippen molar-refractivity contribution < 1.29 is 18.0 Å². The third-order valence-corrected chi connectivity index (χ3v) is 5.54. The summed E-state index contributed by atoms with van der Waals surface area (Å²) in [5, 5.41) is 2.57. The van der Waals surface area contributed by atoms with Crippen molar-refractivity contribution >= 4 is 21.7 Å². The van der Waals surface area contributed by atoms with E-state index in [1.165, 1.54) is 4.90 Å². The van der Waals surface area contributed by atoms with Gasteiger partial charge in [0.25, 0.3) is 0 Å². The number of piperazine rings is 1. The van der Waals surface area contributed by atoms with E-state index in [1.807, 2.05) is 6.92 Å². The summed E-state index contributed by atoms with van der Waals surface area (Å²) in [6.07, 6.45) is 0.871. The number of hydrogen-bond donors (Lipinski definition) is 1. The molecule has 0 bridgehead atoms. The van der Waals surface area contributed by atoms with Gasteiger partial charge in [0.2, 0.25) is 11.8 Å². The minimum Gasteiger partial charge on any atom is -0.345 e. The standard InChI is InChI=1S/C12H22N2O4S/c1-4-12(3)11(16)13-9-10(15)14(12)7-6-8-19(17,18)5-2/h4-9H2,1-3H3,(H,13,16). The smallest absolute Gasteiger partial charge is 0.246 e. The maximum atomic E-state index is 11.9. The highest BCUT2D eigenvalue weighted by Gasteiger charge is 2.43. The van der Waals surface area contributed by atoms with Gasteiger partial charge in [-0.05, 0) is 19.8 Å². The summed E-state index contributed by atoms with van der Waals surface area (Å²) >= 11 is 0. The molecule has 0 aromatic rings. The summed E-state index contributed by atoms with van der Waals surface area (Å²) in [5.74, 6) is -0.174. The molecule has 1 aliphatic rings. The second-order valence-electron chi connectivity index (χ2n) is 4.95. The van der Waals surface area contributed by atoms with Crippen LogP contribution in [-0.4, -0.2) is 55.3 Å². The van der Waals surface area contributed by atoms with Crippen LogP contribution in [0, 0.1) is 0 Å². The van der Waals surface area contributed by atoms with Crippen LogP contribution < -0.4 is 5.32 Å². The maximum absolute atomic E-state index is 11.9. The fourth-order valence-corrected chi connectivity index (χ4v) is 3.01. The maximum Gasteiger partial charge on any atom is 0.246 e. The Bertz CT molecular complexity index is 460. The number of carbonyl (C=O) groups excluding carboxylic acids is 2. The molecule has 1 saturated heterocycles. The first-order valence-corrected chi connectivity index (χ1v) is 8.38. The van der Waals surface area contributed by atoms with E-state index in [2.05, 4.69) is 5.32 Å². The van der Waals surface area contributed by atoms with Crippen LogP contribution in [0.15, 0.2) is 0 Å². The predicted octanol–water partition coefficient (Wildman–Crippen LogP) is -0.0617. The van der Waals surface area contributed by atoms with Crippen LogP contribution in [0.25, 0.3) is 0 Å². The second-order valence-corrected chi connectivity index (χ2v) is 7.42. The van der Waals surface area contributed by atoms with E-state index in [4.69, 9.17) is 0 Å². The first-order valence-electron chi connectivity index (χ1n) is 6.56. The summed E-state index contributed by atoms with van der Waals surface area (Å²) in [7, 11) is -3.03. The van der Waals surface area contributed by atoms with Gasteiger partial charge >= 0.3 is 0 Å². The Labute approximate surface area is 114 Å². The van der Waals surface area contributed by atoms with Crippen LogP contribution in [0.2, 0.25) is 0 Å². The normalized spacial score (nSPS) is 24.5. The fraction of sp³-hybridized carbons (Fsp3) is 0.833. The van der Waals surface area contributed by atoms with Crippen LogP contribution in [0.1, 0.15) is 33.6 Å². The van der Waals surface area contributed by atoms with E-state index >= 15 is 0 Å². The van der Waals surface area contributed by atoms with Crippen molar-refractivity contribution in [3.05, 3.63) is 0 Å². The van der Waals surface area contributed by atoms with Crippen molar-refractivity contribution in [1.82, 2.24) is 10.2 Å². The van der Waals surface area contributed by atoms with E-state index in [0.717, 1.165) is 0 Å². The van der Waals surface area contributed by atoms with Crippen LogP contribution in [0.3, 0.4) is 0 Å². The fourth-order valence-electron chi connectivity index (χ4n) is 2.15. The molecule has 1 fully saturated rings. The molecule has 1 rings (SSSR count). The summed E-state index contributed by atoms with van der Waals surface area (Å²) in [4.78, 5) is 25.3. The molecule has 1 atom stereocenters. The third-order valence-electron chi connectivity index (χ3n) is 3.75. The van der Waals surface area contributed by atoms with Crippen LogP contribution in [0.4, 0.5) is 0 Å². The lowest BCUT2D eigenvalue weighted by Gasteiger charge is -2.43. The lowest BCUT2D eigenvalue weighted by atomic mass is 9.92. The average Bonchev–Trinajstić information content (AvgIpc) is 2.38. The molecule has 0 aliphatic carbocycles. The molecule has 1 unspecified atom stereocenters. The van der Waals surface area contributed by atoms with Gasteiger partial charge in [-0.2, -0.15) is 0 Å². The molecule has 0 aromatic carbocycles. The summed E-state index contributed by atoms with van der Waals surface area (Å²) in [5.41, 5.74) is -0.870. The Kier molecular flexibility index (Phi) is 4.95. The Balaban J connectivity index is 2.73. The number of nitrogens with one attached hydrogen (secondary N) is 1. The van der Waals surface area contributed by atoms with E-state index in [1.54, 1.807) is 13.8 Å². The van der Waals surface area contributed by atoms with Crippen molar-refractivity contribution in [3.63, 3.8) is 0 Å². The van der Waals surface area contributed by atoms with Gasteiger partial charge < -0.3 is 10.2 Å². The van der Waals surface area contributed by atoms with Gasteiger partial charge in [0.1, 0.15) is 15.4 Å². The van der Waals surface area contributed by atoms with E-state index in [9.17, 15) is 18.0 Å². The van der Waals surface area contributed by atoms with Gasteiger partial charge in [-0.25, -0.2) is 8.42 Å². The summed E-state index contributed by atoms with van der Waals surface area (Å²) in [6.45, 7) is 5.46. The topological polar surface area (TPSA) is 83.6 Å². The molecule has 0 aromatic heterocycles. The molecule has 0 spiro atoms. The minimum atomic E-state index is -3.03. The zero-order valence-electron chi connectivity index (χ0n) is 11.7. The molecule has 7 heteroatoms. The molecule has 0 saturated carbocycles. The van der Waals surface area contributed by atoms with Gasteiger partial charge in [-0.3, -0.25) is 9.59 Å². The van der Waals surface area contributed by atoms with Crippen LogP contribution >= 0.6 is 0 Å². The van der Waals surface area contributed by atoms with Gasteiger partial charge in [0.15, 0.2) is 0 Å². The lowest BCUT2D eigenvalue weighted by molar-refractivity contribution is -0.152.